The molecule has 0 radical (unpaired) electrons. The molecule has 0 spiro atoms. The number of rotatable bonds is 7. The second kappa shape index (κ2) is 7.75. The first-order chi connectivity index (χ1) is 9.53. The number of ether oxygens (including phenoxy) is 1. The Morgan fingerprint density at radius 3 is 2.70 bits per heavy atom. The molecule has 0 aliphatic carbocycles. The van der Waals surface area contributed by atoms with Crippen molar-refractivity contribution in [2.75, 3.05) is 7.11 Å². The van der Waals surface area contributed by atoms with Crippen LogP contribution in [0.15, 0.2) is 23.4 Å². The monoisotopic (exact) mass is 279 g/mol. The first-order valence-corrected chi connectivity index (χ1v) is 6.91. The van der Waals surface area contributed by atoms with Crippen LogP contribution in [-0.2, 0) is 6.54 Å². The Bertz CT molecular complexity index is 460. The molecular weight excluding hydrogens is 254 g/mol. The van der Waals surface area contributed by atoms with Crippen molar-refractivity contribution in [2.24, 2.45) is 16.8 Å². The number of amidine groups is 1. The normalized spacial score (nSPS) is 14.9. The van der Waals surface area contributed by atoms with Crippen molar-refractivity contribution >= 4 is 5.84 Å². The lowest BCUT2D eigenvalue weighted by Crippen LogP contribution is -2.31. The number of nitrogens with two attached hydrogens (primary N) is 1. The molecule has 112 valence electrons. The molecule has 5 nitrogen and oxygen atoms in total. The van der Waals surface area contributed by atoms with Gasteiger partial charge in [0, 0.05) is 12.6 Å². The summed E-state index contributed by atoms with van der Waals surface area (Å²) in [6.45, 7) is 7.34. The van der Waals surface area contributed by atoms with Crippen molar-refractivity contribution in [1.29, 1.82) is 0 Å². The van der Waals surface area contributed by atoms with Crippen LogP contribution in [0.4, 0.5) is 0 Å². The van der Waals surface area contributed by atoms with Gasteiger partial charge in [-0.1, -0.05) is 31.5 Å². The van der Waals surface area contributed by atoms with Gasteiger partial charge in [-0.05, 0) is 30.5 Å². The minimum absolute atomic E-state index is 0.0543. The molecule has 0 saturated carbocycles. The number of hydrogen-bond acceptors (Lipinski definition) is 4. The van der Waals surface area contributed by atoms with Crippen LogP contribution in [0.1, 0.15) is 38.3 Å². The van der Waals surface area contributed by atoms with Crippen LogP contribution in [0, 0.1) is 5.92 Å². The van der Waals surface area contributed by atoms with E-state index in [1.807, 2.05) is 18.2 Å². The molecule has 1 aromatic rings. The highest BCUT2D eigenvalue weighted by atomic mass is 16.5. The second-order valence-corrected chi connectivity index (χ2v) is 5.07. The molecule has 1 aromatic carbocycles. The van der Waals surface area contributed by atoms with E-state index in [0.29, 0.717) is 23.3 Å². The minimum atomic E-state index is 0.0543. The Morgan fingerprint density at radius 2 is 2.15 bits per heavy atom. The van der Waals surface area contributed by atoms with Gasteiger partial charge < -0.3 is 21.0 Å². The number of hydrogen-bond donors (Lipinski definition) is 3. The molecular formula is C15H25N3O2. The quantitative estimate of drug-likeness (QED) is 0.310. The minimum Gasteiger partial charge on any atom is -0.496 e. The third-order valence-electron chi connectivity index (χ3n) is 3.77. The highest BCUT2D eigenvalue weighted by molar-refractivity contribution is 5.99. The zero-order chi connectivity index (χ0) is 15.1. The zero-order valence-electron chi connectivity index (χ0n) is 12.7. The van der Waals surface area contributed by atoms with Crippen molar-refractivity contribution in [3.05, 3.63) is 29.3 Å². The Morgan fingerprint density at radius 1 is 1.45 bits per heavy atom. The maximum Gasteiger partial charge on any atom is 0.173 e. The molecule has 20 heavy (non-hydrogen) atoms. The van der Waals surface area contributed by atoms with E-state index in [2.05, 4.69) is 31.2 Å². The molecule has 5 heteroatoms. The molecule has 1 rings (SSSR count). The van der Waals surface area contributed by atoms with E-state index in [1.165, 1.54) is 0 Å². The highest BCUT2D eigenvalue weighted by Crippen LogP contribution is 2.20. The number of nitrogens with one attached hydrogen (secondary N) is 1. The van der Waals surface area contributed by atoms with Gasteiger partial charge in [-0.3, -0.25) is 0 Å². The van der Waals surface area contributed by atoms with Crippen molar-refractivity contribution < 1.29 is 9.94 Å². The zero-order valence-corrected chi connectivity index (χ0v) is 12.7. The Hall–Kier alpha value is -1.75. The summed E-state index contributed by atoms with van der Waals surface area (Å²) in [7, 11) is 1.56. The maximum atomic E-state index is 8.81. The summed E-state index contributed by atoms with van der Waals surface area (Å²) >= 11 is 0. The van der Waals surface area contributed by atoms with E-state index in [4.69, 9.17) is 15.7 Å². The van der Waals surface area contributed by atoms with Gasteiger partial charge in [0.15, 0.2) is 5.84 Å². The fourth-order valence-corrected chi connectivity index (χ4v) is 1.95. The van der Waals surface area contributed by atoms with Crippen LogP contribution in [0.2, 0.25) is 0 Å². The van der Waals surface area contributed by atoms with Crippen LogP contribution < -0.4 is 15.8 Å². The van der Waals surface area contributed by atoms with Gasteiger partial charge in [0.25, 0.3) is 0 Å². The summed E-state index contributed by atoms with van der Waals surface area (Å²) in [6, 6.07) is 6.13. The third-order valence-corrected chi connectivity index (χ3v) is 3.77. The highest BCUT2D eigenvalue weighted by Gasteiger charge is 2.11. The topological polar surface area (TPSA) is 79.9 Å². The average molecular weight is 279 g/mol. The van der Waals surface area contributed by atoms with Gasteiger partial charge in [0.05, 0.1) is 12.7 Å². The molecule has 4 N–H and O–H groups in total. The van der Waals surface area contributed by atoms with Gasteiger partial charge in [0.2, 0.25) is 0 Å². The number of nitrogens with zero attached hydrogens (tertiary/aromatic N) is 1. The molecule has 0 aliphatic rings. The van der Waals surface area contributed by atoms with Gasteiger partial charge in [-0.15, -0.1) is 0 Å². The van der Waals surface area contributed by atoms with Gasteiger partial charge in [-0.2, -0.15) is 0 Å². The molecule has 0 aromatic heterocycles. The lowest BCUT2D eigenvalue weighted by molar-refractivity contribution is 0.318. The lowest BCUT2D eigenvalue weighted by atomic mass is 10.0. The summed E-state index contributed by atoms with van der Waals surface area (Å²) < 4.78 is 5.21. The molecule has 0 heterocycles. The Kier molecular flexibility index (Phi) is 6.31. The molecule has 2 atom stereocenters. The predicted octanol–water partition coefficient (Wildman–Crippen LogP) is 2.31. The summed E-state index contributed by atoms with van der Waals surface area (Å²) in [5.41, 5.74) is 7.34. The van der Waals surface area contributed by atoms with E-state index in [9.17, 15) is 0 Å². The summed E-state index contributed by atoms with van der Waals surface area (Å²) in [5, 5.41) is 15.3. The molecule has 0 fully saturated rings. The first kappa shape index (κ1) is 16.3. The van der Waals surface area contributed by atoms with E-state index in [0.717, 1.165) is 18.5 Å². The van der Waals surface area contributed by atoms with Crippen molar-refractivity contribution in [1.82, 2.24) is 5.32 Å². The van der Waals surface area contributed by atoms with E-state index in [1.54, 1.807) is 7.11 Å². The fourth-order valence-electron chi connectivity index (χ4n) is 1.95. The van der Waals surface area contributed by atoms with Crippen LogP contribution in [-0.4, -0.2) is 24.2 Å². The van der Waals surface area contributed by atoms with E-state index in [-0.39, 0.29) is 5.84 Å². The van der Waals surface area contributed by atoms with Crippen molar-refractivity contribution in [3.8, 4) is 5.75 Å². The van der Waals surface area contributed by atoms with Crippen LogP contribution in [0.25, 0.3) is 0 Å². The van der Waals surface area contributed by atoms with Crippen LogP contribution >= 0.6 is 0 Å². The summed E-state index contributed by atoms with van der Waals surface area (Å²) in [5.74, 6) is 1.27. The Labute approximate surface area is 120 Å². The lowest BCUT2D eigenvalue weighted by Gasteiger charge is -2.20. The number of benzene rings is 1. The van der Waals surface area contributed by atoms with Crippen LogP contribution in [0.3, 0.4) is 0 Å². The van der Waals surface area contributed by atoms with Crippen molar-refractivity contribution in [2.45, 2.75) is 39.8 Å². The molecule has 2 unspecified atom stereocenters. The standard InChI is InChI=1S/C15H25N3O2/c1-5-10(2)11(3)17-9-12-6-7-14(20-4)13(8-12)15(16)18-19/h6-8,10-11,17,19H,5,9H2,1-4H3,(H2,16,18). The molecule has 0 amide bonds. The second-order valence-electron chi connectivity index (χ2n) is 5.07. The third kappa shape index (κ3) is 4.13. The predicted molar refractivity (Wildman–Crippen MR) is 81.3 cm³/mol. The van der Waals surface area contributed by atoms with Gasteiger partial charge in [-0.25, -0.2) is 0 Å². The number of methoxy groups -OCH3 is 1. The largest absolute Gasteiger partial charge is 0.496 e. The molecule has 0 aliphatic heterocycles. The first-order valence-electron chi connectivity index (χ1n) is 6.91. The van der Waals surface area contributed by atoms with E-state index >= 15 is 0 Å². The smallest absolute Gasteiger partial charge is 0.173 e. The molecule has 0 saturated heterocycles. The van der Waals surface area contributed by atoms with E-state index < -0.39 is 0 Å². The van der Waals surface area contributed by atoms with Gasteiger partial charge >= 0.3 is 0 Å². The Balaban J connectivity index is 2.82. The SMILES string of the molecule is CCC(C)C(C)NCc1ccc(OC)c(C(N)=NO)c1. The maximum absolute atomic E-state index is 8.81. The van der Waals surface area contributed by atoms with Crippen LogP contribution in [0.5, 0.6) is 5.75 Å². The van der Waals surface area contributed by atoms with Gasteiger partial charge in [0.1, 0.15) is 5.75 Å². The average Bonchev–Trinajstić information content (AvgIpc) is 2.50. The summed E-state index contributed by atoms with van der Waals surface area (Å²) in [4.78, 5) is 0. The molecule has 0 bridgehead atoms. The summed E-state index contributed by atoms with van der Waals surface area (Å²) in [6.07, 6.45) is 1.14. The fraction of sp³-hybridized carbons (Fsp3) is 0.533. The van der Waals surface area contributed by atoms with Crippen molar-refractivity contribution in [3.63, 3.8) is 0 Å². The number of oxime groups is 1.